The van der Waals surface area contributed by atoms with Crippen LogP contribution in [0.2, 0.25) is 0 Å². The van der Waals surface area contributed by atoms with Crippen LogP contribution in [-0.2, 0) is 4.79 Å². The van der Waals surface area contributed by atoms with Crippen molar-refractivity contribution in [3.05, 3.63) is 10.6 Å². The number of rotatable bonds is 9. The molecule has 0 heterocycles. The standard InChI is InChI=1S/C11H21NO2S2/c1-4-10(5-2)15-16-11(6-7-13)9(3)12-8-14/h8,10,13H,4-7H2,1-3H3,(H,12,14). The van der Waals surface area contributed by atoms with E-state index < -0.39 is 0 Å². The van der Waals surface area contributed by atoms with Gasteiger partial charge in [-0.1, -0.05) is 35.4 Å². The zero-order valence-electron chi connectivity index (χ0n) is 10.2. The molecule has 16 heavy (non-hydrogen) atoms. The lowest BCUT2D eigenvalue weighted by molar-refractivity contribution is -0.108. The Morgan fingerprint density at radius 3 is 2.50 bits per heavy atom. The topological polar surface area (TPSA) is 49.3 Å². The Bertz CT molecular complexity index is 228. The summed E-state index contributed by atoms with van der Waals surface area (Å²) in [6.07, 6.45) is 3.56. The van der Waals surface area contributed by atoms with E-state index in [2.05, 4.69) is 19.2 Å². The second-order valence-corrected chi connectivity index (χ2v) is 6.00. The van der Waals surface area contributed by atoms with Gasteiger partial charge in [-0.25, -0.2) is 0 Å². The predicted octanol–water partition coefficient (Wildman–Crippen LogP) is 2.92. The first kappa shape index (κ1) is 15.9. The summed E-state index contributed by atoms with van der Waals surface area (Å²) in [7, 11) is 3.48. The van der Waals surface area contributed by atoms with E-state index in [-0.39, 0.29) is 6.61 Å². The van der Waals surface area contributed by atoms with Crippen molar-refractivity contribution in [3.8, 4) is 0 Å². The van der Waals surface area contributed by atoms with Crippen LogP contribution in [0.5, 0.6) is 0 Å². The fourth-order valence-corrected chi connectivity index (χ4v) is 4.19. The molecule has 0 saturated carbocycles. The summed E-state index contributed by atoms with van der Waals surface area (Å²) < 4.78 is 0. The van der Waals surface area contributed by atoms with Gasteiger partial charge in [-0.15, -0.1) is 0 Å². The van der Waals surface area contributed by atoms with Gasteiger partial charge in [0.25, 0.3) is 0 Å². The van der Waals surface area contributed by atoms with Gasteiger partial charge in [0.2, 0.25) is 6.41 Å². The van der Waals surface area contributed by atoms with Gasteiger partial charge < -0.3 is 10.4 Å². The van der Waals surface area contributed by atoms with Crippen LogP contribution in [0.1, 0.15) is 40.0 Å². The van der Waals surface area contributed by atoms with Crippen LogP contribution in [0.25, 0.3) is 0 Å². The molecule has 0 aromatic carbocycles. The molecular formula is C11H21NO2S2. The van der Waals surface area contributed by atoms with Crippen molar-refractivity contribution < 1.29 is 9.90 Å². The molecule has 0 aromatic rings. The first-order chi connectivity index (χ1) is 7.69. The molecule has 0 aliphatic carbocycles. The number of amides is 1. The Hall–Kier alpha value is -0.130. The third kappa shape index (κ3) is 6.45. The van der Waals surface area contributed by atoms with Crippen LogP contribution >= 0.6 is 21.6 Å². The Morgan fingerprint density at radius 2 is 2.06 bits per heavy atom. The number of nitrogens with one attached hydrogen (secondary N) is 1. The van der Waals surface area contributed by atoms with E-state index in [1.165, 1.54) is 0 Å². The Kier molecular flexibility index (Phi) is 9.97. The molecule has 0 aliphatic rings. The first-order valence-electron chi connectivity index (χ1n) is 5.53. The van der Waals surface area contributed by atoms with Crippen LogP contribution in [0.4, 0.5) is 0 Å². The zero-order chi connectivity index (χ0) is 12.4. The van der Waals surface area contributed by atoms with Crippen molar-refractivity contribution in [2.24, 2.45) is 0 Å². The number of hydrogen-bond acceptors (Lipinski definition) is 4. The molecule has 0 rings (SSSR count). The maximum Gasteiger partial charge on any atom is 0.211 e. The fourth-order valence-electron chi connectivity index (χ4n) is 1.11. The lowest BCUT2D eigenvalue weighted by Crippen LogP contribution is -2.09. The maximum absolute atomic E-state index is 10.4. The molecule has 2 N–H and O–H groups in total. The summed E-state index contributed by atoms with van der Waals surface area (Å²) in [6, 6.07) is 0. The monoisotopic (exact) mass is 263 g/mol. The SMILES string of the molecule is CCC(CC)SSC(CCO)=C(C)NC=O. The van der Waals surface area contributed by atoms with Crippen molar-refractivity contribution in [3.63, 3.8) is 0 Å². The molecule has 0 bridgehead atoms. The predicted molar refractivity (Wildman–Crippen MR) is 73.2 cm³/mol. The molecular weight excluding hydrogens is 242 g/mol. The number of hydrogen-bond donors (Lipinski definition) is 2. The van der Waals surface area contributed by atoms with Gasteiger partial charge >= 0.3 is 0 Å². The normalized spacial score (nSPS) is 12.6. The van der Waals surface area contributed by atoms with Crippen molar-refractivity contribution in [1.29, 1.82) is 0 Å². The van der Waals surface area contributed by atoms with Gasteiger partial charge in [0, 0.05) is 28.9 Å². The highest BCUT2D eigenvalue weighted by Crippen LogP contribution is 2.38. The molecule has 94 valence electrons. The highest BCUT2D eigenvalue weighted by Gasteiger charge is 2.09. The molecule has 5 heteroatoms. The van der Waals surface area contributed by atoms with E-state index in [0.29, 0.717) is 18.1 Å². The largest absolute Gasteiger partial charge is 0.396 e. The number of allylic oxidation sites excluding steroid dienone is 1. The van der Waals surface area contributed by atoms with Crippen LogP contribution < -0.4 is 5.32 Å². The summed E-state index contributed by atoms with van der Waals surface area (Å²) in [6.45, 7) is 6.32. The van der Waals surface area contributed by atoms with Gasteiger partial charge in [0.1, 0.15) is 0 Å². The third-order valence-electron chi connectivity index (χ3n) is 2.23. The summed E-state index contributed by atoms with van der Waals surface area (Å²) in [5.74, 6) is 0. The van der Waals surface area contributed by atoms with Crippen molar-refractivity contribution in [2.75, 3.05) is 6.61 Å². The van der Waals surface area contributed by atoms with E-state index in [1.54, 1.807) is 10.8 Å². The molecule has 1 amide bonds. The van der Waals surface area contributed by atoms with Crippen molar-refractivity contribution >= 4 is 28.0 Å². The Balaban J connectivity index is 4.32. The quantitative estimate of drug-likeness (QED) is 0.496. The van der Waals surface area contributed by atoms with Crippen LogP contribution in [0.15, 0.2) is 10.6 Å². The first-order valence-corrected chi connectivity index (χ1v) is 7.74. The molecule has 0 unspecified atom stereocenters. The third-order valence-corrected chi connectivity index (χ3v) is 5.68. The van der Waals surface area contributed by atoms with E-state index in [4.69, 9.17) is 5.11 Å². The molecule has 0 saturated heterocycles. The second kappa shape index (κ2) is 10.1. The second-order valence-electron chi connectivity index (χ2n) is 3.40. The van der Waals surface area contributed by atoms with E-state index in [9.17, 15) is 4.79 Å². The highest BCUT2D eigenvalue weighted by molar-refractivity contribution is 8.78. The molecule has 0 radical (unpaired) electrons. The van der Waals surface area contributed by atoms with Gasteiger partial charge in [0.15, 0.2) is 0 Å². The molecule has 0 fully saturated rings. The van der Waals surface area contributed by atoms with Crippen LogP contribution in [0.3, 0.4) is 0 Å². The minimum Gasteiger partial charge on any atom is -0.396 e. The zero-order valence-corrected chi connectivity index (χ0v) is 11.8. The molecule has 0 spiro atoms. The number of aliphatic hydroxyl groups excluding tert-OH is 1. The van der Waals surface area contributed by atoms with Gasteiger partial charge in [-0.2, -0.15) is 0 Å². The summed E-state index contributed by atoms with van der Waals surface area (Å²) in [4.78, 5) is 11.4. The highest BCUT2D eigenvalue weighted by atomic mass is 33.1. The minimum atomic E-state index is 0.115. The Labute approximate surface area is 106 Å². The van der Waals surface area contributed by atoms with Crippen LogP contribution in [-0.4, -0.2) is 23.4 Å². The maximum atomic E-state index is 10.4. The number of carbonyl (C=O) groups is 1. The van der Waals surface area contributed by atoms with Crippen molar-refractivity contribution in [1.82, 2.24) is 5.32 Å². The van der Waals surface area contributed by atoms with E-state index >= 15 is 0 Å². The summed E-state index contributed by atoms with van der Waals surface area (Å²) >= 11 is 0. The smallest absolute Gasteiger partial charge is 0.211 e. The van der Waals surface area contributed by atoms with E-state index in [0.717, 1.165) is 23.4 Å². The average Bonchev–Trinajstić information content (AvgIpc) is 2.29. The lowest BCUT2D eigenvalue weighted by Gasteiger charge is -2.14. The molecule has 0 atom stereocenters. The van der Waals surface area contributed by atoms with Gasteiger partial charge in [0.05, 0.1) is 0 Å². The Morgan fingerprint density at radius 1 is 1.44 bits per heavy atom. The van der Waals surface area contributed by atoms with Gasteiger partial charge in [-0.05, 0) is 19.8 Å². The summed E-state index contributed by atoms with van der Waals surface area (Å²) in [5.41, 5.74) is 0.840. The average molecular weight is 263 g/mol. The van der Waals surface area contributed by atoms with Crippen molar-refractivity contribution in [2.45, 2.75) is 45.3 Å². The molecule has 0 aromatic heterocycles. The minimum absolute atomic E-state index is 0.115. The molecule has 0 aliphatic heterocycles. The lowest BCUT2D eigenvalue weighted by atomic mass is 10.3. The number of aliphatic hydroxyl groups is 1. The molecule has 3 nitrogen and oxygen atoms in total. The van der Waals surface area contributed by atoms with E-state index in [1.807, 2.05) is 17.7 Å². The summed E-state index contributed by atoms with van der Waals surface area (Å²) in [5, 5.41) is 12.2. The number of carbonyl (C=O) groups excluding carboxylic acids is 1. The van der Waals surface area contributed by atoms with Gasteiger partial charge in [-0.3, -0.25) is 4.79 Å². The van der Waals surface area contributed by atoms with Crippen LogP contribution in [0, 0.1) is 0 Å². The fraction of sp³-hybridized carbons (Fsp3) is 0.727.